The maximum absolute atomic E-state index is 12.6. The molecule has 8 heteroatoms. The van der Waals surface area contributed by atoms with E-state index in [1.54, 1.807) is 12.1 Å². The Kier molecular flexibility index (Phi) is 5.16. The molecule has 2 fully saturated rings. The van der Waals surface area contributed by atoms with Gasteiger partial charge in [0.1, 0.15) is 12.1 Å². The molecule has 1 aliphatic carbocycles. The number of aryl methyl sites for hydroxylation is 1. The van der Waals surface area contributed by atoms with Gasteiger partial charge in [-0.1, -0.05) is 30.5 Å². The van der Waals surface area contributed by atoms with Crippen LogP contribution in [0, 0.1) is 6.92 Å². The summed E-state index contributed by atoms with van der Waals surface area (Å²) in [7, 11) is 1.47. The van der Waals surface area contributed by atoms with Crippen LogP contribution in [0.4, 0.5) is 10.5 Å². The van der Waals surface area contributed by atoms with E-state index >= 15 is 0 Å². The highest BCUT2D eigenvalue weighted by atomic mass is 16.2. The van der Waals surface area contributed by atoms with Gasteiger partial charge in [-0.3, -0.25) is 19.3 Å². The number of imide groups is 1. The average Bonchev–Trinajstić information content (AvgIpc) is 3.18. The predicted octanol–water partition coefficient (Wildman–Crippen LogP) is 1.26. The molecule has 27 heavy (non-hydrogen) atoms. The second-order valence-electron chi connectivity index (χ2n) is 7.27. The van der Waals surface area contributed by atoms with E-state index < -0.39 is 17.5 Å². The number of nitrogens with one attached hydrogen (secondary N) is 2. The smallest absolute Gasteiger partial charge is 0.325 e. The van der Waals surface area contributed by atoms with E-state index in [4.69, 9.17) is 0 Å². The summed E-state index contributed by atoms with van der Waals surface area (Å²) in [5.41, 5.74) is 0.885. The maximum Gasteiger partial charge on any atom is 0.325 e. The van der Waals surface area contributed by atoms with Gasteiger partial charge >= 0.3 is 6.03 Å². The Morgan fingerprint density at radius 1 is 1.19 bits per heavy atom. The van der Waals surface area contributed by atoms with Crippen molar-refractivity contribution in [2.45, 2.75) is 38.1 Å². The Labute approximate surface area is 157 Å². The van der Waals surface area contributed by atoms with Crippen molar-refractivity contribution in [3.63, 3.8) is 0 Å². The summed E-state index contributed by atoms with van der Waals surface area (Å²) in [6.45, 7) is 1.42. The minimum absolute atomic E-state index is 0.165. The van der Waals surface area contributed by atoms with Gasteiger partial charge in [-0.15, -0.1) is 0 Å². The molecule has 0 unspecified atom stereocenters. The molecule has 1 aliphatic heterocycles. The molecule has 5 amide bonds. The summed E-state index contributed by atoms with van der Waals surface area (Å²) in [5, 5.41) is 5.45. The fourth-order valence-corrected chi connectivity index (χ4v) is 3.53. The predicted molar refractivity (Wildman–Crippen MR) is 98.9 cm³/mol. The van der Waals surface area contributed by atoms with Crippen molar-refractivity contribution in [3.05, 3.63) is 29.8 Å². The highest BCUT2D eigenvalue weighted by Crippen LogP contribution is 2.34. The van der Waals surface area contributed by atoms with Crippen LogP contribution in [0.3, 0.4) is 0 Å². The first-order valence-corrected chi connectivity index (χ1v) is 9.05. The van der Waals surface area contributed by atoms with E-state index in [0.29, 0.717) is 18.5 Å². The van der Waals surface area contributed by atoms with E-state index in [9.17, 15) is 19.2 Å². The number of carbonyl (C=O) groups excluding carboxylic acids is 4. The van der Waals surface area contributed by atoms with Crippen molar-refractivity contribution in [1.82, 2.24) is 15.1 Å². The lowest BCUT2D eigenvalue weighted by atomic mass is 9.98. The van der Waals surface area contributed by atoms with Crippen LogP contribution in [-0.2, 0) is 14.4 Å². The molecule has 0 radical (unpaired) electrons. The fourth-order valence-electron chi connectivity index (χ4n) is 3.53. The normalized spacial score (nSPS) is 17.9. The molecule has 1 saturated heterocycles. The minimum atomic E-state index is -0.835. The second kappa shape index (κ2) is 7.38. The van der Waals surface area contributed by atoms with Gasteiger partial charge in [0.25, 0.3) is 5.91 Å². The number of benzene rings is 1. The highest BCUT2D eigenvalue weighted by Gasteiger charge is 2.52. The van der Waals surface area contributed by atoms with Gasteiger partial charge in [0, 0.05) is 12.7 Å². The van der Waals surface area contributed by atoms with Crippen molar-refractivity contribution in [2.75, 3.05) is 25.5 Å². The number of likely N-dealkylation sites (N-methyl/N-ethyl adjacent to an activating group) is 1. The molecule has 0 bridgehead atoms. The zero-order valence-corrected chi connectivity index (χ0v) is 15.6. The van der Waals surface area contributed by atoms with Gasteiger partial charge < -0.3 is 15.5 Å². The van der Waals surface area contributed by atoms with Crippen LogP contribution >= 0.6 is 0 Å². The third-order valence-corrected chi connectivity index (χ3v) is 5.14. The maximum atomic E-state index is 12.6. The zero-order chi connectivity index (χ0) is 19.6. The van der Waals surface area contributed by atoms with Crippen LogP contribution in [0.1, 0.15) is 31.2 Å². The second-order valence-corrected chi connectivity index (χ2v) is 7.27. The summed E-state index contributed by atoms with van der Waals surface area (Å²) >= 11 is 0. The Bertz CT molecular complexity index is 768. The monoisotopic (exact) mass is 372 g/mol. The van der Waals surface area contributed by atoms with E-state index in [0.717, 1.165) is 23.3 Å². The molecular formula is C19H24N4O4. The van der Waals surface area contributed by atoms with Crippen LogP contribution in [0.15, 0.2) is 24.3 Å². The number of rotatable bonds is 5. The van der Waals surface area contributed by atoms with Crippen molar-refractivity contribution in [3.8, 4) is 0 Å². The molecule has 1 spiro atoms. The van der Waals surface area contributed by atoms with E-state index in [2.05, 4.69) is 10.6 Å². The van der Waals surface area contributed by atoms with Crippen molar-refractivity contribution in [2.24, 2.45) is 0 Å². The third kappa shape index (κ3) is 3.94. The first kappa shape index (κ1) is 18.9. The SMILES string of the molecule is Cc1ccc(NC(=O)CN(C)C(=O)CN2C(=O)NC3(CCCC3)C2=O)cc1. The fraction of sp³-hybridized carbons (Fsp3) is 0.474. The Balaban J connectivity index is 1.54. The number of amides is 5. The first-order valence-electron chi connectivity index (χ1n) is 9.05. The molecule has 1 heterocycles. The zero-order valence-electron chi connectivity index (χ0n) is 15.6. The quantitative estimate of drug-likeness (QED) is 0.760. The number of nitrogens with zero attached hydrogens (tertiary/aromatic N) is 2. The molecule has 1 aromatic carbocycles. The number of urea groups is 1. The molecule has 2 aliphatic rings. The van der Waals surface area contributed by atoms with E-state index in [1.165, 1.54) is 11.9 Å². The summed E-state index contributed by atoms with van der Waals surface area (Å²) < 4.78 is 0. The van der Waals surface area contributed by atoms with Gasteiger partial charge in [-0.25, -0.2) is 4.79 Å². The number of hydrogen-bond acceptors (Lipinski definition) is 4. The Hall–Kier alpha value is -2.90. The summed E-state index contributed by atoms with van der Waals surface area (Å²) in [6, 6.07) is 6.78. The Morgan fingerprint density at radius 3 is 2.44 bits per heavy atom. The van der Waals surface area contributed by atoms with Crippen molar-refractivity contribution < 1.29 is 19.2 Å². The lowest BCUT2D eigenvalue weighted by molar-refractivity contribution is -0.139. The van der Waals surface area contributed by atoms with Crippen molar-refractivity contribution >= 4 is 29.4 Å². The van der Waals surface area contributed by atoms with Gasteiger partial charge in [0.2, 0.25) is 11.8 Å². The lowest BCUT2D eigenvalue weighted by Crippen LogP contribution is -2.46. The number of carbonyl (C=O) groups is 4. The average molecular weight is 372 g/mol. The van der Waals surface area contributed by atoms with Gasteiger partial charge in [-0.05, 0) is 31.9 Å². The van der Waals surface area contributed by atoms with Crippen LogP contribution in [0.2, 0.25) is 0 Å². The first-order chi connectivity index (χ1) is 12.8. The van der Waals surface area contributed by atoms with Gasteiger partial charge in [0.15, 0.2) is 0 Å². The minimum Gasteiger partial charge on any atom is -0.335 e. The molecule has 1 aromatic rings. The van der Waals surface area contributed by atoms with Crippen LogP contribution in [0.25, 0.3) is 0 Å². The lowest BCUT2D eigenvalue weighted by Gasteiger charge is -2.22. The van der Waals surface area contributed by atoms with Crippen LogP contribution in [-0.4, -0.2) is 59.2 Å². The summed E-state index contributed by atoms with van der Waals surface area (Å²) in [5.74, 6) is -1.15. The van der Waals surface area contributed by atoms with Crippen LogP contribution in [0.5, 0.6) is 0 Å². The summed E-state index contributed by atoms with van der Waals surface area (Å²) in [4.78, 5) is 51.4. The standard InChI is InChI=1S/C19H24N4O4/c1-13-5-7-14(8-6-13)20-15(24)11-22(2)16(25)12-23-17(26)19(21-18(23)27)9-3-4-10-19/h5-8H,3-4,9-12H2,1-2H3,(H,20,24)(H,21,27). The molecular weight excluding hydrogens is 348 g/mol. The van der Waals surface area contributed by atoms with E-state index in [1.807, 2.05) is 19.1 Å². The molecule has 144 valence electrons. The Morgan fingerprint density at radius 2 is 1.81 bits per heavy atom. The molecule has 2 N–H and O–H groups in total. The molecule has 8 nitrogen and oxygen atoms in total. The number of anilines is 1. The topological polar surface area (TPSA) is 98.8 Å². The van der Waals surface area contributed by atoms with Crippen LogP contribution < -0.4 is 10.6 Å². The van der Waals surface area contributed by atoms with Gasteiger partial charge in [-0.2, -0.15) is 0 Å². The molecule has 0 atom stereocenters. The third-order valence-electron chi connectivity index (χ3n) is 5.14. The van der Waals surface area contributed by atoms with Gasteiger partial charge in [0.05, 0.1) is 6.54 Å². The molecule has 0 aromatic heterocycles. The largest absolute Gasteiger partial charge is 0.335 e. The van der Waals surface area contributed by atoms with E-state index in [-0.39, 0.29) is 24.9 Å². The highest BCUT2D eigenvalue weighted by molar-refractivity contribution is 6.09. The molecule has 1 saturated carbocycles. The molecule has 3 rings (SSSR count). The number of hydrogen-bond donors (Lipinski definition) is 2. The summed E-state index contributed by atoms with van der Waals surface area (Å²) in [6.07, 6.45) is 2.98. The van der Waals surface area contributed by atoms with Crippen molar-refractivity contribution in [1.29, 1.82) is 0 Å².